The van der Waals surface area contributed by atoms with Crippen molar-refractivity contribution in [2.45, 2.75) is 31.2 Å². The van der Waals surface area contributed by atoms with Gasteiger partial charge in [0.05, 0.1) is 0 Å². The van der Waals surface area contributed by atoms with Crippen molar-refractivity contribution in [1.29, 1.82) is 0 Å². The van der Waals surface area contributed by atoms with Gasteiger partial charge in [0.2, 0.25) is 0 Å². The molecule has 0 spiro atoms. The molecule has 0 aliphatic rings. The van der Waals surface area contributed by atoms with E-state index in [1.54, 1.807) is 0 Å². The van der Waals surface area contributed by atoms with Crippen LogP contribution in [-0.2, 0) is 28.7 Å². The van der Waals surface area contributed by atoms with Gasteiger partial charge in [0.15, 0.2) is 0 Å². The van der Waals surface area contributed by atoms with E-state index in [0.717, 1.165) is 0 Å². The van der Waals surface area contributed by atoms with Crippen LogP contribution in [0.3, 0.4) is 0 Å². The van der Waals surface area contributed by atoms with Gasteiger partial charge in [-0.15, -0.1) is 0 Å². The summed E-state index contributed by atoms with van der Waals surface area (Å²) in [5, 5.41) is 1.25. The van der Waals surface area contributed by atoms with Gasteiger partial charge in [0.1, 0.15) is 0 Å². The first-order valence-electron chi connectivity index (χ1n) is 4.42. The van der Waals surface area contributed by atoms with Crippen LogP contribution in [0.25, 0.3) is 0 Å². The normalized spacial score (nSPS) is 10.8. The van der Waals surface area contributed by atoms with E-state index in [2.05, 4.69) is 45.0 Å². The number of rotatable bonds is 1. The molecule has 68 valence electrons. The smallest absolute Gasteiger partial charge is 1.00 e. The van der Waals surface area contributed by atoms with Crippen molar-refractivity contribution in [2.24, 2.45) is 0 Å². The van der Waals surface area contributed by atoms with Crippen LogP contribution in [0.4, 0.5) is 0 Å². The average Bonchev–Trinajstić information content (AvgIpc) is 2.03. The Kier molecular flexibility index (Phi) is 5.40. The summed E-state index contributed by atoms with van der Waals surface area (Å²) >= 11 is 1.36. The zero-order valence-electron chi connectivity index (χ0n) is 8.60. The van der Waals surface area contributed by atoms with Crippen molar-refractivity contribution in [1.82, 2.24) is 0 Å². The third-order valence-electron chi connectivity index (χ3n) is 2.11. The van der Waals surface area contributed by atoms with Crippen LogP contribution in [0, 0.1) is 0 Å². The van der Waals surface area contributed by atoms with E-state index >= 15 is 0 Å². The Morgan fingerprint density at radius 2 is 1.54 bits per heavy atom. The molecule has 1 aromatic rings. The molecule has 0 unspecified atom stereocenters. The molecule has 0 fully saturated rings. The predicted octanol–water partition coefficient (Wildman–Crippen LogP) is 0.0349. The molecule has 0 aliphatic carbocycles. The number of benzene rings is 1. The largest absolute Gasteiger partial charge is 1.00 e. The summed E-state index contributed by atoms with van der Waals surface area (Å²) in [5.41, 5.74) is 3.20. The quantitative estimate of drug-likeness (QED) is 0.641. The molecule has 1 aromatic carbocycles. The molecule has 0 saturated carbocycles. The zero-order chi connectivity index (χ0) is 9.19. The predicted molar refractivity (Wildman–Crippen MR) is 48.8 cm³/mol. The van der Waals surface area contributed by atoms with E-state index in [9.17, 15) is 0 Å². The summed E-state index contributed by atoms with van der Waals surface area (Å²) in [7, 11) is 0. The van der Waals surface area contributed by atoms with E-state index in [1.165, 1.54) is 34.4 Å². The van der Waals surface area contributed by atoms with Crippen molar-refractivity contribution < 1.29 is 35.3 Å². The second-order valence-corrected chi connectivity index (χ2v) is 5.25. The summed E-state index contributed by atoms with van der Waals surface area (Å²) < 4.78 is 0. The second-order valence-electron chi connectivity index (χ2n) is 4.20. The maximum atomic E-state index is 2.25. The van der Waals surface area contributed by atoms with Gasteiger partial charge >= 0.3 is 84.9 Å². The SMILES string of the molecule is CC(C)(C)c1ccc([CH2][Zn+])cc1.[Br-]. The maximum Gasteiger partial charge on any atom is -1.00 e. The van der Waals surface area contributed by atoms with Crippen LogP contribution in [-0.4, -0.2) is 0 Å². The van der Waals surface area contributed by atoms with Crippen molar-refractivity contribution in [3.05, 3.63) is 35.4 Å². The van der Waals surface area contributed by atoms with E-state index < -0.39 is 0 Å². The minimum absolute atomic E-state index is 0. The molecule has 0 atom stereocenters. The second kappa shape index (κ2) is 5.27. The molecular formula is C11H15BrZn. The van der Waals surface area contributed by atoms with Crippen LogP contribution in [0.5, 0.6) is 0 Å². The van der Waals surface area contributed by atoms with Gasteiger partial charge in [0.25, 0.3) is 0 Å². The average molecular weight is 293 g/mol. The van der Waals surface area contributed by atoms with Crippen LogP contribution in [0.1, 0.15) is 31.9 Å². The first-order valence-corrected chi connectivity index (χ1v) is 6.52. The fraction of sp³-hybridized carbons (Fsp3) is 0.455. The Balaban J connectivity index is 0.00000144. The van der Waals surface area contributed by atoms with Crippen LogP contribution < -0.4 is 17.0 Å². The molecule has 0 heterocycles. The van der Waals surface area contributed by atoms with E-state index in [1.807, 2.05) is 0 Å². The summed E-state index contributed by atoms with van der Waals surface area (Å²) in [5.74, 6) is 0. The van der Waals surface area contributed by atoms with E-state index in [0.29, 0.717) is 5.41 Å². The molecular weight excluding hydrogens is 277 g/mol. The van der Waals surface area contributed by atoms with Gasteiger partial charge in [-0.2, -0.15) is 0 Å². The summed E-state index contributed by atoms with van der Waals surface area (Å²) in [4.78, 5) is 0. The summed E-state index contributed by atoms with van der Waals surface area (Å²) in [6, 6.07) is 9.02. The van der Waals surface area contributed by atoms with Crippen LogP contribution >= 0.6 is 0 Å². The zero-order valence-corrected chi connectivity index (χ0v) is 13.2. The van der Waals surface area contributed by atoms with Crippen LogP contribution in [0.2, 0.25) is 0 Å². The molecule has 1 rings (SSSR count). The van der Waals surface area contributed by atoms with Crippen LogP contribution in [0.15, 0.2) is 24.3 Å². The third kappa shape index (κ3) is 3.91. The summed E-state index contributed by atoms with van der Waals surface area (Å²) in [6.07, 6.45) is 0. The van der Waals surface area contributed by atoms with Gasteiger partial charge < -0.3 is 17.0 Å². The molecule has 0 aromatic heterocycles. The van der Waals surface area contributed by atoms with Gasteiger partial charge in [-0.3, -0.25) is 0 Å². The van der Waals surface area contributed by atoms with Gasteiger partial charge in [0, 0.05) is 0 Å². The number of hydrogen-bond donors (Lipinski definition) is 0. The first-order chi connectivity index (χ1) is 5.54. The Morgan fingerprint density at radius 1 is 1.08 bits per heavy atom. The van der Waals surface area contributed by atoms with E-state index in [4.69, 9.17) is 0 Å². The van der Waals surface area contributed by atoms with E-state index in [-0.39, 0.29) is 17.0 Å². The molecule has 0 aliphatic heterocycles. The third-order valence-corrected chi connectivity index (χ3v) is 3.32. The Hall–Kier alpha value is 0.323. The fourth-order valence-corrected chi connectivity index (χ4v) is 1.87. The summed E-state index contributed by atoms with van der Waals surface area (Å²) in [6.45, 7) is 6.76. The molecule has 2 heteroatoms. The molecule has 0 N–H and O–H groups in total. The molecule has 0 saturated heterocycles. The van der Waals surface area contributed by atoms with Crippen molar-refractivity contribution >= 4 is 0 Å². The van der Waals surface area contributed by atoms with Gasteiger partial charge in [-0.05, 0) is 0 Å². The monoisotopic (exact) mass is 290 g/mol. The number of halogens is 1. The maximum absolute atomic E-state index is 2.25. The minimum atomic E-state index is 0. The van der Waals surface area contributed by atoms with Crippen molar-refractivity contribution in [3.63, 3.8) is 0 Å². The Morgan fingerprint density at radius 3 is 1.85 bits per heavy atom. The minimum Gasteiger partial charge on any atom is -1.00 e. The molecule has 0 amide bonds. The first kappa shape index (κ1) is 13.3. The topological polar surface area (TPSA) is 0 Å². The van der Waals surface area contributed by atoms with Gasteiger partial charge in [-0.1, -0.05) is 0 Å². The fourth-order valence-electron chi connectivity index (χ4n) is 1.17. The Bertz CT molecular complexity index is 246. The van der Waals surface area contributed by atoms with Gasteiger partial charge in [-0.25, -0.2) is 0 Å². The number of hydrogen-bond acceptors (Lipinski definition) is 0. The molecule has 0 nitrogen and oxygen atoms in total. The molecule has 0 bridgehead atoms. The molecule has 13 heavy (non-hydrogen) atoms. The Labute approximate surface area is 102 Å². The molecule has 0 radical (unpaired) electrons. The van der Waals surface area contributed by atoms with Crippen molar-refractivity contribution in [3.8, 4) is 0 Å². The standard InChI is InChI=1S/C11H15.BrH.Zn/c1-9-5-7-10(8-6-9)11(2,3)4;;/h5-8H,1H2,2-4H3;1H;/q;;+1/p-1. The van der Waals surface area contributed by atoms with Crippen molar-refractivity contribution in [2.75, 3.05) is 0 Å².